The predicted octanol–water partition coefficient (Wildman–Crippen LogP) is 3.99. The van der Waals surface area contributed by atoms with Gasteiger partial charge in [0.25, 0.3) is 0 Å². The minimum absolute atomic E-state index is 0.184. The van der Waals surface area contributed by atoms with Crippen LogP contribution in [0, 0.1) is 12.7 Å². The highest BCUT2D eigenvalue weighted by atomic mass is 79.9. The van der Waals surface area contributed by atoms with E-state index in [1.807, 2.05) is 32.0 Å². The third kappa shape index (κ3) is 3.19. The Balaban J connectivity index is 2.51. The Morgan fingerprint density at radius 1 is 1.32 bits per heavy atom. The molecule has 2 rings (SSSR count). The minimum atomic E-state index is -0.211. The molecule has 2 nitrogen and oxygen atoms in total. The standard InChI is InChI=1S/C15H16BrFN2/c1-3-18-15(12-5-4-8-19-10(12)2)13-9-11(16)6-7-14(13)17/h4-9,15,18H,3H2,1-2H3. The molecule has 0 amide bonds. The van der Waals surface area contributed by atoms with Crippen LogP contribution >= 0.6 is 15.9 Å². The Morgan fingerprint density at radius 2 is 2.11 bits per heavy atom. The van der Waals surface area contributed by atoms with Gasteiger partial charge in [0.2, 0.25) is 0 Å². The molecule has 0 aliphatic heterocycles. The second-order valence-electron chi connectivity index (χ2n) is 4.33. The van der Waals surface area contributed by atoms with Crippen molar-refractivity contribution in [3.05, 3.63) is 63.6 Å². The van der Waals surface area contributed by atoms with Crippen molar-refractivity contribution in [1.29, 1.82) is 0 Å². The maximum atomic E-state index is 14.1. The van der Waals surface area contributed by atoms with Crippen LogP contribution in [0.25, 0.3) is 0 Å². The van der Waals surface area contributed by atoms with Crippen molar-refractivity contribution in [2.45, 2.75) is 19.9 Å². The van der Waals surface area contributed by atoms with E-state index >= 15 is 0 Å². The van der Waals surface area contributed by atoms with Gasteiger partial charge >= 0.3 is 0 Å². The number of halogens is 2. The zero-order valence-electron chi connectivity index (χ0n) is 11.0. The van der Waals surface area contributed by atoms with Gasteiger partial charge in [-0.3, -0.25) is 4.98 Å². The van der Waals surface area contributed by atoms with E-state index < -0.39 is 0 Å². The highest BCUT2D eigenvalue weighted by molar-refractivity contribution is 9.10. The number of aromatic nitrogens is 1. The maximum Gasteiger partial charge on any atom is 0.128 e. The average Bonchev–Trinajstić information content (AvgIpc) is 2.40. The van der Waals surface area contributed by atoms with Crippen LogP contribution in [0.5, 0.6) is 0 Å². The highest BCUT2D eigenvalue weighted by Crippen LogP contribution is 2.28. The minimum Gasteiger partial charge on any atom is -0.306 e. The lowest BCUT2D eigenvalue weighted by Crippen LogP contribution is -2.24. The molecule has 0 saturated carbocycles. The Bertz CT molecular complexity index is 572. The molecule has 19 heavy (non-hydrogen) atoms. The number of nitrogens with one attached hydrogen (secondary N) is 1. The molecule has 1 atom stereocenters. The van der Waals surface area contributed by atoms with Gasteiger partial charge in [-0.2, -0.15) is 0 Å². The summed E-state index contributed by atoms with van der Waals surface area (Å²) in [6.45, 7) is 4.70. The van der Waals surface area contributed by atoms with E-state index in [9.17, 15) is 4.39 Å². The third-order valence-electron chi connectivity index (χ3n) is 3.04. The summed E-state index contributed by atoms with van der Waals surface area (Å²) in [6.07, 6.45) is 1.75. The normalized spacial score (nSPS) is 12.4. The molecule has 1 aromatic heterocycles. The Labute approximate surface area is 121 Å². The van der Waals surface area contributed by atoms with Crippen LogP contribution < -0.4 is 5.32 Å². The molecule has 0 saturated heterocycles. The number of benzene rings is 1. The molecular weight excluding hydrogens is 307 g/mol. The number of pyridine rings is 1. The zero-order valence-corrected chi connectivity index (χ0v) is 12.5. The predicted molar refractivity (Wildman–Crippen MR) is 78.6 cm³/mol. The van der Waals surface area contributed by atoms with Crippen molar-refractivity contribution in [2.75, 3.05) is 6.54 Å². The summed E-state index contributed by atoms with van der Waals surface area (Å²) < 4.78 is 14.9. The molecule has 0 aliphatic rings. The number of hydrogen-bond acceptors (Lipinski definition) is 2. The Morgan fingerprint density at radius 3 is 2.79 bits per heavy atom. The van der Waals surface area contributed by atoms with Gasteiger partial charge in [-0.1, -0.05) is 28.9 Å². The molecule has 1 aromatic carbocycles. The van der Waals surface area contributed by atoms with Crippen molar-refractivity contribution < 1.29 is 4.39 Å². The third-order valence-corrected chi connectivity index (χ3v) is 3.53. The van der Waals surface area contributed by atoms with E-state index in [4.69, 9.17) is 0 Å². The second kappa shape index (κ2) is 6.26. The van der Waals surface area contributed by atoms with E-state index in [0.29, 0.717) is 5.56 Å². The van der Waals surface area contributed by atoms with Crippen LogP contribution in [0.15, 0.2) is 41.0 Å². The van der Waals surface area contributed by atoms with Crippen molar-refractivity contribution in [3.63, 3.8) is 0 Å². The zero-order chi connectivity index (χ0) is 13.8. The summed E-state index contributed by atoms with van der Waals surface area (Å²) in [5.74, 6) is -0.211. The summed E-state index contributed by atoms with van der Waals surface area (Å²) in [7, 11) is 0. The Kier molecular flexibility index (Phi) is 4.66. The monoisotopic (exact) mass is 322 g/mol. The van der Waals surface area contributed by atoms with E-state index in [1.54, 1.807) is 12.3 Å². The summed E-state index contributed by atoms with van der Waals surface area (Å²) in [6, 6.07) is 8.68. The molecule has 0 fully saturated rings. The first-order chi connectivity index (χ1) is 9.13. The first-order valence-corrected chi connectivity index (χ1v) is 7.02. The van der Waals surface area contributed by atoms with Crippen molar-refractivity contribution in [1.82, 2.24) is 10.3 Å². The van der Waals surface area contributed by atoms with Gasteiger partial charge in [-0.05, 0) is 43.3 Å². The Hall–Kier alpha value is -1.26. The van der Waals surface area contributed by atoms with Crippen molar-refractivity contribution in [3.8, 4) is 0 Å². The quantitative estimate of drug-likeness (QED) is 0.920. The fourth-order valence-corrected chi connectivity index (χ4v) is 2.51. The molecule has 1 unspecified atom stereocenters. The molecule has 1 heterocycles. The molecule has 100 valence electrons. The first-order valence-electron chi connectivity index (χ1n) is 6.23. The van der Waals surface area contributed by atoms with Gasteiger partial charge < -0.3 is 5.32 Å². The fourth-order valence-electron chi connectivity index (χ4n) is 2.13. The van der Waals surface area contributed by atoms with Crippen LogP contribution in [0.2, 0.25) is 0 Å². The van der Waals surface area contributed by atoms with Crippen LogP contribution in [0.3, 0.4) is 0 Å². The van der Waals surface area contributed by atoms with Crippen LogP contribution in [-0.2, 0) is 0 Å². The average molecular weight is 323 g/mol. The fraction of sp³-hybridized carbons (Fsp3) is 0.267. The second-order valence-corrected chi connectivity index (χ2v) is 5.25. The van der Waals surface area contributed by atoms with Crippen molar-refractivity contribution >= 4 is 15.9 Å². The van der Waals surface area contributed by atoms with Crippen LogP contribution in [0.4, 0.5) is 4.39 Å². The van der Waals surface area contributed by atoms with Gasteiger partial charge in [0.15, 0.2) is 0 Å². The van der Waals surface area contributed by atoms with E-state index in [2.05, 4.69) is 26.2 Å². The largest absolute Gasteiger partial charge is 0.306 e. The maximum absolute atomic E-state index is 14.1. The molecular formula is C15H16BrFN2. The smallest absolute Gasteiger partial charge is 0.128 e. The molecule has 1 N–H and O–H groups in total. The molecule has 0 aliphatic carbocycles. The molecule has 4 heteroatoms. The number of hydrogen-bond donors (Lipinski definition) is 1. The topological polar surface area (TPSA) is 24.9 Å². The van der Waals surface area contributed by atoms with Gasteiger partial charge in [-0.15, -0.1) is 0 Å². The number of aryl methyl sites for hydroxylation is 1. The van der Waals surface area contributed by atoms with E-state index in [1.165, 1.54) is 6.07 Å². The van der Waals surface area contributed by atoms with Crippen molar-refractivity contribution in [2.24, 2.45) is 0 Å². The van der Waals surface area contributed by atoms with Crippen LogP contribution in [0.1, 0.15) is 29.8 Å². The number of nitrogens with zero attached hydrogens (tertiary/aromatic N) is 1. The summed E-state index contributed by atoms with van der Waals surface area (Å²) >= 11 is 3.40. The van der Waals surface area contributed by atoms with E-state index in [0.717, 1.165) is 22.3 Å². The first kappa shape index (κ1) is 14.2. The van der Waals surface area contributed by atoms with Gasteiger partial charge in [0.1, 0.15) is 5.82 Å². The van der Waals surface area contributed by atoms with Gasteiger partial charge in [0.05, 0.1) is 6.04 Å². The molecule has 0 radical (unpaired) electrons. The molecule has 2 aromatic rings. The van der Waals surface area contributed by atoms with Crippen LogP contribution in [-0.4, -0.2) is 11.5 Å². The molecule has 0 bridgehead atoms. The lowest BCUT2D eigenvalue weighted by Gasteiger charge is -2.21. The highest BCUT2D eigenvalue weighted by Gasteiger charge is 2.19. The lowest BCUT2D eigenvalue weighted by molar-refractivity contribution is 0.556. The van der Waals surface area contributed by atoms with E-state index in [-0.39, 0.29) is 11.9 Å². The summed E-state index contributed by atoms with van der Waals surface area (Å²) in [5.41, 5.74) is 2.54. The number of rotatable bonds is 4. The van der Waals surface area contributed by atoms with Gasteiger partial charge in [-0.25, -0.2) is 4.39 Å². The lowest BCUT2D eigenvalue weighted by atomic mass is 9.97. The molecule has 0 spiro atoms. The summed E-state index contributed by atoms with van der Waals surface area (Å²) in [5, 5.41) is 3.32. The van der Waals surface area contributed by atoms with Gasteiger partial charge in [0, 0.05) is 21.9 Å². The SMILES string of the molecule is CCNC(c1cc(Br)ccc1F)c1cccnc1C. The summed E-state index contributed by atoms with van der Waals surface area (Å²) in [4.78, 5) is 4.29.